The van der Waals surface area contributed by atoms with Crippen LogP contribution in [0.25, 0.3) is 11.0 Å². The number of fused-ring (bicyclic) bond motifs is 2. The van der Waals surface area contributed by atoms with Crippen LogP contribution >= 0.6 is 0 Å². The van der Waals surface area contributed by atoms with Gasteiger partial charge >= 0.3 is 0 Å². The van der Waals surface area contributed by atoms with Crippen LogP contribution < -0.4 is 10.3 Å². The third kappa shape index (κ3) is 2.64. The second kappa shape index (κ2) is 6.38. The normalized spacial score (nSPS) is 15.7. The van der Waals surface area contributed by atoms with Crippen LogP contribution in [0.4, 0.5) is 10.2 Å². The molecule has 1 atom stereocenters. The van der Waals surface area contributed by atoms with Crippen LogP contribution in [-0.4, -0.2) is 10.9 Å². The van der Waals surface area contributed by atoms with Gasteiger partial charge in [0, 0.05) is 6.20 Å². The first-order chi connectivity index (χ1) is 14.0. The largest absolute Gasteiger partial charge is 0.450 e. The second-order valence-corrected chi connectivity index (χ2v) is 6.99. The number of aryl methyl sites for hydroxylation is 1. The fourth-order valence-corrected chi connectivity index (χ4v) is 3.80. The number of benzene rings is 2. The van der Waals surface area contributed by atoms with Crippen molar-refractivity contribution in [3.63, 3.8) is 0 Å². The molecule has 2 aromatic heterocycles. The molecule has 0 fully saturated rings. The van der Waals surface area contributed by atoms with Gasteiger partial charge in [0.2, 0.25) is 5.76 Å². The average molecular weight is 386 g/mol. The summed E-state index contributed by atoms with van der Waals surface area (Å²) in [6.45, 7) is 1.88. The Morgan fingerprint density at radius 1 is 1.03 bits per heavy atom. The number of nitrogens with zero attached hydrogens (tertiary/aromatic N) is 2. The Balaban J connectivity index is 1.84. The number of aromatic nitrogens is 1. The molecule has 5 rings (SSSR count). The van der Waals surface area contributed by atoms with Crippen molar-refractivity contribution >= 4 is 22.7 Å². The zero-order valence-corrected chi connectivity index (χ0v) is 15.4. The fraction of sp³-hybridized carbons (Fsp3) is 0.0870. The maximum absolute atomic E-state index is 14.0. The van der Waals surface area contributed by atoms with Gasteiger partial charge in [-0.3, -0.25) is 14.5 Å². The molecule has 0 N–H and O–H groups in total. The molecular weight excluding hydrogens is 371 g/mol. The number of hydrogen-bond acceptors (Lipinski definition) is 4. The van der Waals surface area contributed by atoms with E-state index in [1.807, 2.05) is 13.0 Å². The Morgan fingerprint density at radius 3 is 2.66 bits per heavy atom. The minimum absolute atomic E-state index is 0.0359. The van der Waals surface area contributed by atoms with Gasteiger partial charge in [-0.1, -0.05) is 24.3 Å². The van der Waals surface area contributed by atoms with Gasteiger partial charge < -0.3 is 4.42 Å². The van der Waals surface area contributed by atoms with Crippen LogP contribution in [-0.2, 0) is 0 Å². The lowest BCUT2D eigenvalue weighted by Gasteiger charge is -2.24. The molecule has 4 aromatic rings. The Kier molecular flexibility index (Phi) is 3.81. The number of hydrogen-bond donors (Lipinski definition) is 0. The molecule has 0 spiro atoms. The van der Waals surface area contributed by atoms with E-state index in [4.69, 9.17) is 4.42 Å². The number of para-hydroxylation sites is 1. The lowest BCUT2D eigenvalue weighted by Crippen LogP contribution is -2.30. The molecule has 1 aliphatic rings. The molecule has 3 heterocycles. The predicted molar refractivity (Wildman–Crippen MR) is 107 cm³/mol. The van der Waals surface area contributed by atoms with E-state index in [1.165, 1.54) is 17.0 Å². The number of halogens is 1. The summed E-state index contributed by atoms with van der Waals surface area (Å²) in [7, 11) is 0. The van der Waals surface area contributed by atoms with Gasteiger partial charge in [-0.05, 0) is 54.4 Å². The quantitative estimate of drug-likeness (QED) is 0.513. The van der Waals surface area contributed by atoms with E-state index in [0.29, 0.717) is 22.4 Å². The second-order valence-electron chi connectivity index (χ2n) is 6.99. The van der Waals surface area contributed by atoms with Gasteiger partial charge in [-0.25, -0.2) is 9.37 Å². The molecule has 0 bridgehead atoms. The number of anilines is 1. The number of rotatable bonds is 2. The van der Waals surface area contributed by atoms with Gasteiger partial charge in [0.15, 0.2) is 5.43 Å². The summed E-state index contributed by atoms with van der Waals surface area (Å²) in [5.41, 5.74) is 1.60. The number of amides is 1. The van der Waals surface area contributed by atoms with Crippen molar-refractivity contribution in [3.05, 3.63) is 105 Å². The zero-order valence-electron chi connectivity index (χ0n) is 15.4. The zero-order chi connectivity index (χ0) is 20.1. The van der Waals surface area contributed by atoms with Crippen LogP contribution in [0, 0.1) is 12.7 Å². The Morgan fingerprint density at radius 2 is 1.86 bits per heavy atom. The lowest BCUT2D eigenvalue weighted by molar-refractivity contribution is 0.0970. The smallest absolute Gasteiger partial charge is 0.296 e. The standard InChI is InChI=1S/C23H15FN2O3/c1-13-9-10-25-18(11-13)26-20(14-5-4-6-15(24)12-14)19-21(27)16-7-2-3-8-17(16)29-22(19)23(26)28/h2-12,20H,1H3/t20-/m1/s1. The van der Waals surface area contributed by atoms with E-state index in [1.54, 1.807) is 48.7 Å². The van der Waals surface area contributed by atoms with Crippen LogP contribution in [0.3, 0.4) is 0 Å². The summed E-state index contributed by atoms with van der Waals surface area (Å²) in [6, 6.07) is 15.4. The topological polar surface area (TPSA) is 63.4 Å². The highest BCUT2D eigenvalue weighted by atomic mass is 19.1. The SMILES string of the molecule is Cc1ccnc(N2C(=O)c3oc4ccccc4c(=O)c3[C@H]2c2cccc(F)c2)c1. The maximum Gasteiger partial charge on any atom is 0.296 e. The van der Waals surface area contributed by atoms with Crippen molar-refractivity contribution in [3.8, 4) is 0 Å². The van der Waals surface area contributed by atoms with Crippen molar-refractivity contribution in [1.82, 2.24) is 4.98 Å². The van der Waals surface area contributed by atoms with Crippen molar-refractivity contribution in [2.75, 3.05) is 4.90 Å². The number of carbonyl (C=O) groups excluding carboxylic acids is 1. The van der Waals surface area contributed by atoms with Gasteiger partial charge in [0.25, 0.3) is 5.91 Å². The third-order valence-corrected chi connectivity index (χ3v) is 5.09. The van der Waals surface area contributed by atoms with Crippen LogP contribution in [0.15, 0.2) is 76.1 Å². The minimum atomic E-state index is -0.830. The Labute approximate surface area is 165 Å². The maximum atomic E-state index is 14.0. The molecule has 1 amide bonds. The van der Waals surface area contributed by atoms with Gasteiger partial charge in [0.1, 0.15) is 17.2 Å². The summed E-state index contributed by atoms with van der Waals surface area (Å²) >= 11 is 0. The molecule has 0 saturated heterocycles. The molecule has 1 aliphatic heterocycles. The fourth-order valence-electron chi connectivity index (χ4n) is 3.80. The van der Waals surface area contributed by atoms with Crippen molar-refractivity contribution in [2.45, 2.75) is 13.0 Å². The molecular formula is C23H15FN2O3. The number of pyridine rings is 1. The summed E-state index contributed by atoms with van der Waals surface area (Å²) in [4.78, 5) is 32.4. The molecule has 5 nitrogen and oxygen atoms in total. The first-order valence-corrected chi connectivity index (χ1v) is 9.12. The van der Waals surface area contributed by atoms with Gasteiger partial charge in [-0.2, -0.15) is 0 Å². The predicted octanol–water partition coefficient (Wildman–Crippen LogP) is 4.39. The molecule has 142 valence electrons. The van der Waals surface area contributed by atoms with Crippen LogP contribution in [0.5, 0.6) is 0 Å². The monoisotopic (exact) mass is 386 g/mol. The molecule has 0 unspecified atom stereocenters. The summed E-state index contributed by atoms with van der Waals surface area (Å²) in [5.74, 6) is -0.591. The van der Waals surface area contributed by atoms with Crippen LogP contribution in [0.1, 0.15) is 33.3 Å². The van der Waals surface area contributed by atoms with E-state index in [0.717, 1.165) is 5.56 Å². The molecule has 0 saturated carbocycles. The van der Waals surface area contributed by atoms with E-state index >= 15 is 0 Å². The summed E-state index contributed by atoms with van der Waals surface area (Å²) in [6.07, 6.45) is 1.59. The van der Waals surface area contributed by atoms with Crippen molar-refractivity contribution in [2.24, 2.45) is 0 Å². The Bertz CT molecular complexity index is 1350. The molecule has 0 aliphatic carbocycles. The highest BCUT2D eigenvalue weighted by molar-refractivity contribution is 6.10. The first-order valence-electron chi connectivity index (χ1n) is 9.12. The molecule has 2 aromatic carbocycles. The molecule has 0 radical (unpaired) electrons. The average Bonchev–Trinajstić information content (AvgIpc) is 3.01. The van der Waals surface area contributed by atoms with Crippen molar-refractivity contribution < 1.29 is 13.6 Å². The number of carbonyl (C=O) groups is 1. The van der Waals surface area contributed by atoms with E-state index in [2.05, 4.69) is 4.98 Å². The van der Waals surface area contributed by atoms with Gasteiger partial charge in [0.05, 0.1) is 17.0 Å². The van der Waals surface area contributed by atoms with Crippen LogP contribution in [0.2, 0.25) is 0 Å². The summed E-state index contributed by atoms with van der Waals surface area (Å²) in [5, 5.41) is 0.375. The Hall–Kier alpha value is -3.80. The highest BCUT2D eigenvalue weighted by Gasteiger charge is 2.44. The lowest BCUT2D eigenvalue weighted by atomic mass is 9.98. The van der Waals surface area contributed by atoms with Crippen molar-refractivity contribution in [1.29, 1.82) is 0 Å². The molecule has 6 heteroatoms. The van der Waals surface area contributed by atoms with E-state index < -0.39 is 17.8 Å². The van der Waals surface area contributed by atoms with Gasteiger partial charge in [-0.15, -0.1) is 0 Å². The highest BCUT2D eigenvalue weighted by Crippen LogP contribution is 2.40. The van der Waals surface area contributed by atoms with E-state index in [9.17, 15) is 14.0 Å². The van der Waals surface area contributed by atoms with E-state index in [-0.39, 0.29) is 16.8 Å². The first kappa shape index (κ1) is 17.3. The minimum Gasteiger partial charge on any atom is -0.450 e. The molecule has 29 heavy (non-hydrogen) atoms. The third-order valence-electron chi connectivity index (χ3n) is 5.09. The summed E-state index contributed by atoms with van der Waals surface area (Å²) < 4.78 is 19.9.